The Hall–Kier alpha value is -1.63. The molecule has 17 heavy (non-hydrogen) atoms. The molecule has 4 N–H and O–H groups in total. The van der Waals surface area contributed by atoms with Crippen molar-refractivity contribution < 1.29 is 9.84 Å². The zero-order valence-corrected chi connectivity index (χ0v) is 9.81. The molecule has 1 fully saturated rings. The molecule has 0 radical (unpaired) electrons. The van der Waals surface area contributed by atoms with Crippen molar-refractivity contribution in [3.8, 4) is 6.01 Å². The minimum atomic E-state index is -0.282. The van der Waals surface area contributed by atoms with Gasteiger partial charge in [-0.2, -0.15) is 15.0 Å². The molecular formula is C10H17N5O2. The Kier molecular flexibility index (Phi) is 3.28. The molecule has 0 atom stereocenters. The number of aliphatic hydroxyl groups excluding tert-OH is 1. The van der Waals surface area contributed by atoms with Crippen LogP contribution < -0.4 is 15.8 Å². The standard InChI is InChI=1S/C10H17N5O2/c1-2-5-17-9-13-7(11)12-8(14-9)15-10(6-16)3-4-10/h16H,2-6H2,1H3,(H3,11,12,13,14,15). The molecule has 7 nitrogen and oxygen atoms in total. The third-order valence-corrected chi connectivity index (χ3v) is 2.60. The second-order valence-corrected chi connectivity index (χ2v) is 4.21. The number of hydrogen-bond acceptors (Lipinski definition) is 7. The fourth-order valence-electron chi connectivity index (χ4n) is 1.40. The number of rotatable bonds is 6. The van der Waals surface area contributed by atoms with Crippen LogP contribution in [0.4, 0.5) is 11.9 Å². The van der Waals surface area contributed by atoms with Gasteiger partial charge in [-0.25, -0.2) is 0 Å². The lowest BCUT2D eigenvalue weighted by Crippen LogP contribution is -2.27. The largest absolute Gasteiger partial charge is 0.463 e. The fraction of sp³-hybridized carbons (Fsp3) is 0.700. The number of ether oxygens (including phenoxy) is 1. The molecule has 1 aromatic rings. The van der Waals surface area contributed by atoms with E-state index in [9.17, 15) is 5.11 Å². The van der Waals surface area contributed by atoms with E-state index in [4.69, 9.17) is 10.5 Å². The van der Waals surface area contributed by atoms with E-state index in [2.05, 4.69) is 20.3 Å². The van der Waals surface area contributed by atoms with Crippen molar-refractivity contribution in [1.82, 2.24) is 15.0 Å². The topological polar surface area (TPSA) is 106 Å². The molecule has 7 heteroatoms. The van der Waals surface area contributed by atoms with Gasteiger partial charge in [0, 0.05) is 0 Å². The number of nitrogens with two attached hydrogens (primary N) is 1. The SMILES string of the molecule is CCCOc1nc(N)nc(NC2(CO)CC2)n1. The Morgan fingerprint density at radius 1 is 1.41 bits per heavy atom. The molecule has 0 bridgehead atoms. The molecule has 0 unspecified atom stereocenters. The molecular weight excluding hydrogens is 222 g/mol. The van der Waals surface area contributed by atoms with Gasteiger partial charge in [-0.3, -0.25) is 0 Å². The summed E-state index contributed by atoms with van der Waals surface area (Å²) in [6.07, 6.45) is 2.68. The van der Waals surface area contributed by atoms with E-state index in [1.807, 2.05) is 6.92 Å². The van der Waals surface area contributed by atoms with Crippen LogP contribution in [0.2, 0.25) is 0 Å². The minimum Gasteiger partial charge on any atom is -0.463 e. The predicted octanol–water partition coefficient (Wildman–Crippen LogP) is 0.179. The average molecular weight is 239 g/mol. The first-order valence-corrected chi connectivity index (χ1v) is 5.71. The molecule has 0 aliphatic heterocycles. The van der Waals surface area contributed by atoms with Crippen LogP contribution in [0.15, 0.2) is 0 Å². The molecule has 94 valence electrons. The first-order valence-electron chi connectivity index (χ1n) is 5.71. The van der Waals surface area contributed by atoms with Gasteiger partial charge in [-0.15, -0.1) is 0 Å². The second-order valence-electron chi connectivity index (χ2n) is 4.21. The normalized spacial score (nSPS) is 16.6. The Balaban J connectivity index is 2.08. The van der Waals surface area contributed by atoms with Crippen molar-refractivity contribution in [2.45, 2.75) is 31.7 Å². The van der Waals surface area contributed by atoms with Gasteiger partial charge in [0.1, 0.15) is 0 Å². The average Bonchev–Trinajstić information content (AvgIpc) is 3.06. The van der Waals surface area contributed by atoms with Crippen molar-refractivity contribution >= 4 is 11.9 Å². The summed E-state index contributed by atoms with van der Waals surface area (Å²) in [7, 11) is 0. The lowest BCUT2D eigenvalue weighted by Gasteiger charge is -2.14. The van der Waals surface area contributed by atoms with Crippen LogP contribution in [-0.4, -0.2) is 38.8 Å². The molecule has 1 heterocycles. The quantitative estimate of drug-likeness (QED) is 0.650. The van der Waals surface area contributed by atoms with Crippen LogP contribution in [0.5, 0.6) is 6.01 Å². The van der Waals surface area contributed by atoms with Crippen LogP contribution in [0.3, 0.4) is 0 Å². The minimum absolute atomic E-state index is 0.0593. The van der Waals surface area contributed by atoms with Gasteiger partial charge in [0.15, 0.2) is 0 Å². The Bertz CT molecular complexity index is 394. The molecule has 0 aromatic carbocycles. The predicted molar refractivity (Wildman–Crippen MR) is 62.7 cm³/mol. The highest BCUT2D eigenvalue weighted by Crippen LogP contribution is 2.37. The van der Waals surface area contributed by atoms with Crippen molar-refractivity contribution in [1.29, 1.82) is 0 Å². The fourth-order valence-corrected chi connectivity index (χ4v) is 1.40. The Labute approximate surface area is 99.4 Å². The Morgan fingerprint density at radius 2 is 2.18 bits per heavy atom. The highest BCUT2D eigenvalue weighted by molar-refractivity contribution is 5.38. The maximum absolute atomic E-state index is 9.20. The molecule has 1 aliphatic rings. The smallest absolute Gasteiger partial charge is 0.323 e. The second kappa shape index (κ2) is 4.70. The number of nitrogens with zero attached hydrogens (tertiary/aromatic N) is 3. The summed E-state index contributed by atoms with van der Waals surface area (Å²) in [6.45, 7) is 2.59. The number of nitrogen functional groups attached to an aromatic ring is 1. The summed E-state index contributed by atoms with van der Waals surface area (Å²) >= 11 is 0. The maximum Gasteiger partial charge on any atom is 0.323 e. The van der Waals surface area contributed by atoms with Gasteiger partial charge < -0.3 is 20.9 Å². The molecule has 0 spiro atoms. The number of aliphatic hydroxyl groups is 1. The number of aromatic nitrogens is 3. The van der Waals surface area contributed by atoms with Crippen molar-refractivity contribution in [2.24, 2.45) is 0 Å². The van der Waals surface area contributed by atoms with E-state index in [1.54, 1.807) is 0 Å². The number of nitrogens with one attached hydrogen (secondary N) is 1. The molecule has 1 aromatic heterocycles. The van der Waals surface area contributed by atoms with E-state index in [0.29, 0.717) is 12.6 Å². The lowest BCUT2D eigenvalue weighted by molar-refractivity contribution is 0.265. The number of anilines is 2. The van der Waals surface area contributed by atoms with Crippen molar-refractivity contribution in [3.05, 3.63) is 0 Å². The summed E-state index contributed by atoms with van der Waals surface area (Å²) in [5.74, 6) is 0.470. The molecule has 1 aliphatic carbocycles. The summed E-state index contributed by atoms with van der Waals surface area (Å²) in [5.41, 5.74) is 5.29. The van der Waals surface area contributed by atoms with Crippen LogP contribution in [-0.2, 0) is 0 Å². The summed E-state index contributed by atoms with van der Waals surface area (Å²) in [4.78, 5) is 11.9. The van der Waals surface area contributed by atoms with Gasteiger partial charge in [-0.1, -0.05) is 6.92 Å². The van der Waals surface area contributed by atoms with Crippen LogP contribution in [0, 0.1) is 0 Å². The van der Waals surface area contributed by atoms with Crippen LogP contribution >= 0.6 is 0 Å². The highest BCUT2D eigenvalue weighted by Gasteiger charge is 2.42. The molecule has 1 saturated carbocycles. The van der Waals surface area contributed by atoms with Gasteiger partial charge in [-0.05, 0) is 19.3 Å². The van der Waals surface area contributed by atoms with Crippen molar-refractivity contribution in [2.75, 3.05) is 24.3 Å². The van der Waals surface area contributed by atoms with E-state index < -0.39 is 0 Å². The van der Waals surface area contributed by atoms with Gasteiger partial charge >= 0.3 is 6.01 Å². The third kappa shape index (κ3) is 2.94. The summed E-state index contributed by atoms with van der Waals surface area (Å²) in [5, 5.41) is 12.3. The monoisotopic (exact) mass is 239 g/mol. The summed E-state index contributed by atoms with van der Waals surface area (Å²) < 4.78 is 5.30. The van der Waals surface area contributed by atoms with Gasteiger partial charge in [0.05, 0.1) is 18.8 Å². The Morgan fingerprint density at radius 3 is 2.76 bits per heavy atom. The van der Waals surface area contributed by atoms with E-state index in [-0.39, 0.29) is 24.1 Å². The van der Waals surface area contributed by atoms with E-state index >= 15 is 0 Å². The molecule has 0 saturated heterocycles. The molecule has 2 rings (SSSR count). The summed E-state index contributed by atoms with van der Waals surface area (Å²) in [6, 6.07) is 0.218. The van der Waals surface area contributed by atoms with Gasteiger partial charge in [0.25, 0.3) is 0 Å². The van der Waals surface area contributed by atoms with Crippen molar-refractivity contribution in [3.63, 3.8) is 0 Å². The first kappa shape index (κ1) is 11.8. The van der Waals surface area contributed by atoms with E-state index in [1.165, 1.54) is 0 Å². The van der Waals surface area contributed by atoms with Crippen LogP contribution in [0.1, 0.15) is 26.2 Å². The van der Waals surface area contributed by atoms with Gasteiger partial charge in [0.2, 0.25) is 11.9 Å². The maximum atomic E-state index is 9.20. The van der Waals surface area contributed by atoms with E-state index in [0.717, 1.165) is 19.3 Å². The zero-order chi connectivity index (χ0) is 12.3. The lowest BCUT2D eigenvalue weighted by atomic mass is 10.3. The zero-order valence-electron chi connectivity index (χ0n) is 9.81. The van der Waals surface area contributed by atoms with Crippen LogP contribution in [0.25, 0.3) is 0 Å². The molecule has 0 amide bonds. The highest BCUT2D eigenvalue weighted by atomic mass is 16.5. The third-order valence-electron chi connectivity index (χ3n) is 2.60. The number of hydrogen-bond donors (Lipinski definition) is 3. The first-order chi connectivity index (χ1) is 8.17.